The molecule has 0 aromatic carbocycles. The molecule has 0 amide bonds. The van der Waals surface area contributed by atoms with E-state index >= 15 is 0 Å². The second kappa shape index (κ2) is 15.4. The highest BCUT2D eigenvalue weighted by Crippen LogP contribution is 2.11. The van der Waals surface area contributed by atoms with Crippen LogP contribution in [0.2, 0.25) is 0 Å². The number of hydrogen-bond donors (Lipinski definition) is 0. The number of carbonyl (C=O) groups is 1. The van der Waals surface area contributed by atoms with Crippen LogP contribution in [0.5, 0.6) is 0 Å². The van der Waals surface area contributed by atoms with Crippen LogP contribution in [0, 0.1) is 0 Å². The van der Waals surface area contributed by atoms with Crippen LogP contribution in [0.1, 0.15) is 84.0 Å². The SMILES string of the molecule is CCCCCCCCCCCCC=CCC=O. The van der Waals surface area contributed by atoms with E-state index in [2.05, 4.69) is 13.0 Å². The number of allylic oxidation sites excluding steroid dienone is 2. The van der Waals surface area contributed by atoms with Crippen LogP contribution in [0.3, 0.4) is 0 Å². The summed E-state index contributed by atoms with van der Waals surface area (Å²) in [4.78, 5) is 10.1. The van der Waals surface area contributed by atoms with E-state index in [0.29, 0.717) is 6.42 Å². The van der Waals surface area contributed by atoms with Gasteiger partial charge in [0, 0.05) is 6.42 Å². The van der Waals surface area contributed by atoms with E-state index in [4.69, 9.17) is 0 Å². The molecule has 0 radical (unpaired) electrons. The van der Waals surface area contributed by atoms with Gasteiger partial charge in [0.15, 0.2) is 0 Å². The van der Waals surface area contributed by atoms with Gasteiger partial charge in [-0.15, -0.1) is 0 Å². The summed E-state index contributed by atoms with van der Waals surface area (Å²) in [6.45, 7) is 2.27. The average molecular weight is 238 g/mol. The highest BCUT2D eigenvalue weighted by atomic mass is 16.1. The Labute approximate surface area is 108 Å². The summed E-state index contributed by atoms with van der Waals surface area (Å²) in [6, 6.07) is 0. The van der Waals surface area contributed by atoms with Crippen LogP contribution < -0.4 is 0 Å². The van der Waals surface area contributed by atoms with Crippen molar-refractivity contribution in [2.75, 3.05) is 0 Å². The number of unbranched alkanes of at least 4 members (excludes halogenated alkanes) is 10. The largest absolute Gasteiger partial charge is 0.303 e. The molecule has 1 heteroatoms. The number of carbonyl (C=O) groups excluding carboxylic acids is 1. The molecule has 0 fully saturated rings. The maximum Gasteiger partial charge on any atom is 0.123 e. The zero-order valence-electron chi connectivity index (χ0n) is 11.6. The zero-order valence-corrected chi connectivity index (χ0v) is 11.6. The minimum absolute atomic E-state index is 0.581. The average Bonchev–Trinajstić information content (AvgIpc) is 2.35. The lowest BCUT2D eigenvalue weighted by atomic mass is 10.1. The minimum atomic E-state index is 0.581. The summed E-state index contributed by atoms with van der Waals surface area (Å²) in [5.41, 5.74) is 0. The van der Waals surface area contributed by atoms with Crippen LogP contribution >= 0.6 is 0 Å². The molecular formula is C16H30O. The van der Waals surface area contributed by atoms with Crippen molar-refractivity contribution in [1.82, 2.24) is 0 Å². The van der Waals surface area contributed by atoms with Crippen LogP contribution in [-0.2, 0) is 4.79 Å². The van der Waals surface area contributed by atoms with E-state index in [0.717, 1.165) is 12.7 Å². The summed E-state index contributed by atoms with van der Waals surface area (Å²) < 4.78 is 0. The molecule has 0 saturated heterocycles. The first kappa shape index (κ1) is 16.4. The van der Waals surface area contributed by atoms with Gasteiger partial charge in [-0.1, -0.05) is 76.9 Å². The van der Waals surface area contributed by atoms with Crippen molar-refractivity contribution in [1.29, 1.82) is 0 Å². The molecule has 0 aromatic rings. The number of aldehydes is 1. The third kappa shape index (κ3) is 15.4. The van der Waals surface area contributed by atoms with E-state index < -0.39 is 0 Å². The van der Waals surface area contributed by atoms with Gasteiger partial charge in [-0.05, 0) is 12.8 Å². The van der Waals surface area contributed by atoms with Crippen molar-refractivity contribution < 1.29 is 4.79 Å². The molecule has 0 aliphatic carbocycles. The Morgan fingerprint density at radius 2 is 1.24 bits per heavy atom. The lowest BCUT2D eigenvalue weighted by molar-refractivity contribution is -0.107. The van der Waals surface area contributed by atoms with Crippen LogP contribution in [0.25, 0.3) is 0 Å². The summed E-state index contributed by atoms with van der Waals surface area (Å²) in [6.07, 6.45) is 20.7. The predicted octanol–water partition coefficient (Wildman–Crippen LogP) is 5.44. The Balaban J connectivity index is 2.96. The minimum Gasteiger partial charge on any atom is -0.303 e. The topological polar surface area (TPSA) is 17.1 Å². The summed E-state index contributed by atoms with van der Waals surface area (Å²) in [7, 11) is 0. The lowest BCUT2D eigenvalue weighted by Gasteiger charge is -2.01. The Morgan fingerprint density at radius 3 is 1.76 bits per heavy atom. The zero-order chi connectivity index (χ0) is 12.6. The van der Waals surface area contributed by atoms with E-state index in [1.54, 1.807) is 0 Å². The molecule has 0 N–H and O–H groups in total. The van der Waals surface area contributed by atoms with Crippen molar-refractivity contribution in [2.45, 2.75) is 84.0 Å². The van der Waals surface area contributed by atoms with Crippen LogP contribution in [0.4, 0.5) is 0 Å². The van der Waals surface area contributed by atoms with Crippen LogP contribution in [-0.4, -0.2) is 6.29 Å². The Morgan fingerprint density at radius 1 is 0.706 bits per heavy atom. The van der Waals surface area contributed by atoms with Crippen molar-refractivity contribution in [3.8, 4) is 0 Å². The smallest absolute Gasteiger partial charge is 0.123 e. The lowest BCUT2D eigenvalue weighted by Crippen LogP contribution is -1.81. The first-order valence-electron chi connectivity index (χ1n) is 7.50. The van der Waals surface area contributed by atoms with Gasteiger partial charge in [0.2, 0.25) is 0 Å². The predicted molar refractivity (Wildman–Crippen MR) is 76.3 cm³/mol. The second-order valence-corrected chi connectivity index (χ2v) is 4.84. The molecule has 17 heavy (non-hydrogen) atoms. The number of rotatable bonds is 13. The van der Waals surface area contributed by atoms with Gasteiger partial charge in [0.25, 0.3) is 0 Å². The molecule has 0 bridgehead atoms. The molecule has 0 unspecified atom stereocenters. The van der Waals surface area contributed by atoms with Crippen molar-refractivity contribution >= 4 is 6.29 Å². The quantitative estimate of drug-likeness (QED) is 0.237. The highest BCUT2D eigenvalue weighted by Gasteiger charge is 1.91. The Hall–Kier alpha value is -0.590. The molecule has 0 saturated carbocycles. The molecule has 0 aliphatic rings. The summed E-state index contributed by atoms with van der Waals surface area (Å²) in [5.74, 6) is 0. The third-order valence-electron chi connectivity index (χ3n) is 3.12. The highest BCUT2D eigenvalue weighted by molar-refractivity contribution is 5.51. The Bertz CT molecular complexity index is 172. The molecule has 0 rings (SSSR count). The van der Waals surface area contributed by atoms with E-state index in [9.17, 15) is 4.79 Å². The summed E-state index contributed by atoms with van der Waals surface area (Å²) >= 11 is 0. The normalized spacial score (nSPS) is 11.1. The molecular weight excluding hydrogens is 208 g/mol. The van der Waals surface area contributed by atoms with Crippen molar-refractivity contribution in [3.05, 3.63) is 12.2 Å². The van der Waals surface area contributed by atoms with Gasteiger partial charge in [0.1, 0.15) is 6.29 Å². The van der Waals surface area contributed by atoms with Crippen LogP contribution in [0.15, 0.2) is 12.2 Å². The molecule has 0 aliphatic heterocycles. The maximum atomic E-state index is 10.1. The fourth-order valence-corrected chi connectivity index (χ4v) is 2.02. The van der Waals surface area contributed by atoms with Gasteiger partial charge in [-0.3, -0.25) is 0 Å². The van der Waals surface area contributed by atoms with E-state index in [1.165, 1.54) is 64.2 Å². The standard InChI is InChI=1S/C16H30O/c1-2-3-4-5-6-7-8-9-10-11-12-13-14-15-16-17/h13-14,16H,2-12,15H2,1H3. The summed E-state index contributed by atoms with van der Waals surface area (Å²) in [5, 5.41) is 0. The van der Waals surface area contributed by atoms with E-state index in [1.807, 2.05) is 6.08 Å². The van der Waals surface area contributed by atoms with Gasteiger partial charge >= 0.3 is 0 Å². The second-order valence-electron chi connectivity index (χ2n) is 4.84. The van der Waals surface area contributed by atoms with Gasteiger partial charge in [0.05, 0.1) is 0 Å². The van der Waals surface area contributed by atoms with Gasteiger partial charge in [-0.25, -0.2) is 0 Å². The van der Waals surface area contributed by atoms with Crippen molar-refractivity contribution in [3.63, 3.8) is 0 Å². The van der Waals surface area contributed by atoms with E-state index in [-0.39, 0.29) is 0 Å². The first-order chi connectivity index (χ1) is 8.41. The Kier molecular flexibility index (Phi) is 14.9. The fraction of sp³-hybridized carbons (Fsp3) is 0.812. The molecule has 0 heterocycles. The fourth-order valence-electron chi connectivity index (χ4n) is 2.02. The molecule has 0 atom stereocenters. The molecule has 0 spiro atoms. The third-order valence-corrected chi connectivity index (χ3v) is 3.12. The number of hydrogen-bond acceptors (Lipinski definition) is 1. The maximum absolute atomic E-state index is 10.1. The van der Waals surface area contributed by atoms with Crippen molar-refractivity contribution in [2.24, 2.45) is 0 Å². The first-order valence-corrected chi connectivity index (χ1v) is 7.50. The molecule has 0 aromatic heterocycles. The molecule has 100 valence electrons. The monoisotopic (exact) mass is 238 g/mol. The van der Waals surface area contributed by atoms with Gasteiger partial charge in [-0.2, -0.15) is 0 Å². The molecule has 1 nitrogen and oxygen atoms in total. The van der Waals surface area contributed by atoms with Gasteiger partial charge < -0.3 is 4.79 Å².